The molecule has 0 aromatic heterocycles. The summed E-state index contributed by atoms with van der Waals surface area (Å²) in [4.78, 5) is 14.4. The number of amides is 1. The van der Waals surface area contributed by atoms with Crippen LogP contribution in [0.1, 0.15) is 12.8 Å². The number of nitrogens with one attached hydrogen (secondary N) is 1. The van der Waals surface area contributed by atoms with Crippen molar-refractivity contribution < 1.29 is 4.79 Å². The van der Waals surface area contributed by atoms with Crippen molar-refractivity contribution in [1.29, 1.82) is 0 Å². The van der Waals surface area contributed by atoms with E-state index in [9.17, 15) is 4.79 Å². The van der Waals surface area contributed by atoms with Crippen LogP contribution in [0.3, 0.4) is 0 Å². The number of likely N-dealkylation sites (tertiary alicyclic amines) is 1. The minimum absolute atomic E-state index is 0.0467. The first-order chi connectivity index (χ1) is 9.63. The van der Waals surface area contributed by atoms with Crippen molar-refractivity contribution in [3.05, 3.63) is 28.7 Å². The number of nitrogens with two attached hydrogens (primary N) is 1. The van der Waals surface area contributed by atoms with Gasteiger partial charge >= 0.3 is 0 Å². The number of carbonyl (C=O) groups is 1. The second-order valence-electron chi connectivity index (χ2n) is 5.89. The summed E-state index contributed by atoms with van der Waals surface area (Å²) in [6.07, 6.45) is 2.36. The smallest absolute Gasteiger partial charge is 0.238 e. The van der Waals surface area contributed by atoms with Gasteiger partial charge in [0.1, 0.15) is 0 Å². The maximum atomic E-state index is 12.1. The highest BCUT2D eigenvalue weighted by Gasteiger charge is 2.41. The first-order valence-corrected chi connectivity index (χ1v) is 7.95. The normalized spacial score (nSPS) is 29.4. The zero-order valence-electron chi connectivity index (χ0n) is 11.4. The van der Waals surface area contributed by atoms with Crippen molar-refractivity contribution in [2.45, 2.75) is 18.9 Å². The maximum absolute atomic E-state index is 12.1. The average Bonchev–Trinajstić information content (AvgIpc) is 2.95. The Bertz CT molecular complexity index is 508. The predicted octanol–water partition coefficient (Wildman–Crippen LogP) is 2.06. The summed E-state index contributed by atoms with van der Waals surface area (Å²) >= 11 is 3.44. The SMILES string of the molecule is NC1CCC2CN(CC(=O)Nc3ccccc3Br)CC12. The van der Waals surface area contributed by atoms with Gasteiger partial charge in [-0.05, 0) is 52.7 Å². The number of nitrogens with zero attached hydrogens (tertiary/aromatic N) is 1. The number of carbonyl (C=O) groups excluding carboxylic acids is 1. The van der Waals surface area contributed by atoms with E-state index >= 15 is 0 Å². The summed E-state index contributed by atoms with van der Waals surface area (Å²) in [6.45, 7) is 2.44. The molecule has 3 N–H and O–H groups in total. The van der Waals surface area contributed by atoms with Crippen molar-refractivity contribution >= 4 is 27.5 Å². The summed E-state index contributed by atoms with van der Waals surface area (Å²) in [5, 5.41) is 2.96. The van der Waals surface area contributed by atoms with Crippen LogP contribution in [0.5, 0.6) is 0 Å². The monoisotopic (exact) mass is 337 g/mol. The standard InChI is InChI=1S/C15H20BrN3O/c16-12-3-1-2-4-14(12)18-15(20)9-19-7-10-5-6-13(17)11(10)8-19/h1-4,10-11,13H,5-9,17H2,(H,18,20). The Morgan fingerprint density at radius 3 is 2.90 bits per heavy atom. The fourth-order valence-electron chi connectivity index (χ4n) is 3.48. The molecule has 1 aliphatic heterocycles. The molecule has 108 valence electrons. The minimum atomic E-state index is 0.0467. The van der Waals surface area contributed by atoms with Crippen LogP contribution < -0.4 is 11.1 Å². The highest BCUT2D eigenvalue weighted by atomic mass is 79.9. The van der Waals surface area contributed by atoms with Gasteiger partial charge in [0.2, 0.25) is 5.91 Å². The van der Waals surface area contributed by atoms with Crippen LogP contribution in [-0.2, 0) is 4.79 Å². The molecule has 5 heteroatoms. The number of halogens is 1. The van der Waals surface area contributed by atoms with E-state index < -0.39 is 0 Å². The molecule has 1 aromatic carbocycles. The third-order valence-electron chi connectivity index (χ3n) is 4.50. The van der Waals surface area contributed by atoms with Crippen LogP contribution in [0, 0.1) is 11.8 Å². The van der Waals surface area contributed by atoms with Crippen LogP contribution in [0.4, 0.5) is 5.69 Å². The number of para-hydroxylation sites is 1. The largest absolute Gasteiger partial charge is 0.327 e. The number of hydrogen-bond acceptors (Lipinski definition) is 3. The lowest BCUT2D eigenvalue weighted by Crippen LogP contribution is -2.34. The lowest BCUT2D eigenvalue weighted by molar-refractivity contribution is -0.117. The number of rotatable bonds is 3. The molecule has 3 rings (SSSR count). The third kappa shape index (κ3) is 2.90. The lowest BCUT2D eigenvalue weighted by atomic mass is 9.98. The fraction of sp³-hybridized carbons (Fsp3) is 0.533. The Kier molecular flexibility index (Phi) is 4.10. The Labute approximate surface area is 127 Å². The Morgan fingerprint density at radius 2 is 2.15 bits per heavy atom. The zero-order chi connectivity index (χ0) is 14.1. The van der Waals surface area contributed by atoms with Gasteiger partial charge < -0.3 is 11.1 Å². The highest BCUT2D eigenvalue weighted by Crippen LogP contribution is 2.36. The molecule has 1 heterocycles. The van der Waals surface area contributed by atoms with Gasteiger partial charge in [0.05, 0.1) is 12.2 Å². The topological polar surface area (TPSA) is 58.4 Å². The van der Waals surface area contributed by atoms with Crippen LogP contribution in [0.25, 0.3) is 0 Å². The molecule has 0 spiro atoms. The molecule has 20 heavy (non-hydrogen) atoms. The van der Waals surface area contributed by atoms with Crippen molar-refractivity contribution in [1.82, 2.24) is 4.90 Å². The van der Waals surface area contributed by atoms with E-state index in [1.165, 1.54) is 6.42 Å². The Balaban J connectivity index is 1.54. The van der Waals surface area contributed by atoms with E-state index in [0.29, 0.717) is 24.4 Å². The number of benzene rings is 1. The third-order valence-corrected chi connectivity index (χ3v) is 5.19. The van der Waals surface area contributed by atoms with E-state index in [2.05, 4.69) is 26.1 Å². The number of hydrogen-bond donors (Lipinski definition) is 2. The Hall–Kier alpha value is -0.910. The van der Waals surface area contributed by atoms with Gasteiger partial charge in [-0.3, -0.25) is 9.69 Å². The van der Waals surface area contributed by atoms with Crippen LogP contribution in [0.2, 0.25) is 0 Å². The van der Waals surface area contributed by atoms with E-state index in [1.54, 1.807) is 0 Å². The van der Waals surface area contributed by atoms with Gasteiger partial charge in [0, 0.05) is 23.6 Å². The second-order valence-corrected chi connectivity index (χ2v) is 6.74. The van der Waals surface area contributed by atoms with Crippen LogP contribution in [-0.4, -0.2) is 36.5 Å². The molecule has 0 bridgehead atoms. The van der Waals surface area contributed by atoms with E-state index in [-0.39, 0.29) is 5.91 Å². The summed E-state index contributed by atoms with van der Waals surface area (Å²) in [5.74, 6) is 1.33. The molecule has 1 aromatic rings. The molecule has 2 fully saturated rings. The van der Waals surface area contributed by atoms with E-state index in [1.807, 2.05) is 24.3 Å². The van der Waals surface area contributed by atoms with E-state index in [0.717, 1.165) is 29.7 Å². The van der Waals surface area contributed by atoms with Crippen molar-refractivity contribution in [2.24, 2.45) is 17.6 Å². The molecule has 1 amide bonds. The van der Waals surface area contributed by atoms with Gasteiger partial charge in [-0.25, -0.2) is 0 Å². The molecule has 0 radical (unpaired) electrons. The van der Waals surface area contributed by atoms with Gasteiger partial charge in [-0.1, -0.05) is 12.1 Å². The van der Waals surface area contributed by atoms with Gasteiger partial charge in [0.25, 0.3) is 0 Å². The average molecular weight is 338 g/mol. The lowest BCUT2D eigenvalue weighted by Gasteiger charge is -2.18. The highest BCUT2D eigenvalue weighted by molar-refractivity contribution is 9.10. The second kappa shape index (κ2) is 5.84. The molecule has 4 nitrogen and oxygen atoms in total. The van der Waals surface area contributed by atoms with Gasteiger partial charge in [-0.15, -0.1) is 0 Å². The zero-order valence-corrected chi connectivity index (χ0v) is 13.0. The first kappa shape index (κ1) is 14.0. The van der Waals surface area contributed by atoms with Crippen molar-refractivity contribution in [3.8, 4) is 0 Å². The molecule has 1 aliphatic carbocycles. The summed E-state index contributed by atoms with van der Waals surface area (Å²) < 4.78 is 0.911. The van der Waals surface area contributed by atoms with Gasteiger partial charge in [0.15, 0.2) is 0 Å². The molecule has 1 saturated heterocycles. The van der Waals surface area contributed by atoms with Crippen LogP contribution >= 0.6 is 15.9 Å². The molecular formula is C15H20BrN3O. The summed E-state index contributed by atoms with van der Waals surface area (Å²) in [7, 11) is 0. The minimum Gasteiger partial charge on any atom is -0.327 e. The number of fused-ring (bicyclic) bond motifs is 1. The van der Waals surface area contributed by atoms with Crippen molar-refractivity contribution in [2.75, 3.05) is 25.0 Å². The summed E-state index contributed by atoms with van der Waals surface area (Å²) in [5.41, 5.74) is 6.95. The first-order valence-electron chi connectivity index (χ1n) is 7.16. The molecular weight excluding hydrogens is 318 g/mol. The molecule has 1 saturated carbocycles. The Morgan fingerprint density at radius 1 is 1.35 bits per heavy atom. The predicted molar refractivity (Wildman–Crippen MR) is 83.4 cm³/mol. The maximum Gasteiger partial charge on any atom is 0.238 e. The molecule has 3 atom stereocenters. The molecule has 2 aliphatic rings. The van der Waals surface area contributed by atoms with Crippen molar-refractivity contribution in [3.63, 3.8) is 0 Å². The van der Waals surface area contributed by atoms with E-state index in [4.69, 9.17) is 5.73 Å². The van der Waals surface area contributed by atoms with Gasteiger partial charge in [-0.2, -0.15) is 0 Å². The molecule has 3 unspecified atom stereocenters. The quantitative estimate of drug-likeness (QED) is 0.887. The number of anilines is 1. The summed E-state index contributed by atoms with van der Waals surface area (Å²) in [6, 6.07) is 8.00. The fourth-order valence-corrected chi connectivity index (χ4v) is 3.87. The van der Waals surface area contributed by atoms with Crippen LogP contribution in [0.15, 0.2) is 28.7 Å².